The van der Waals surface area contributed by atoms with Crippen molar-refractivity contribution in [3.63, 3.8) is 0 Å². The van der Waals surface area contributed by atoms with E-state index in [1.165, 1.54) is 5.56 Å². The van der Waals surface area contributed by atoms with Gasteiger partial charge in [0.2, 0.25) is 0 Å². The molecule has 4 nitrogen and oxygen atoms in total. The van der Waals surface area contributed by atoms with E-state index in [9.17, 15) is 0 Å². The molecule has 0 saturated heterocycles. The smallest absolute Gasteiger partial charge is 0.133 e. The summed E-state index contributed by atoms with van der Waals surface area (Å²) in [6.07, 6.45) is 1.65. The predicted octanol–water partition coefficient (Wildman–Crippen LogP) is 3.08. The third kappa shape index (κ3) is 4.66. The third-order valence-electron chi connectivity index (χ3n) is 3.20. The van der Waals surface area contributed by atoms with Gasteiger partial charge in [-0.05, 0) is 19.0 Å². The van der Waals surface area contributed by atoms with E-state index < -0.39 is 0 Å². The van der Waals surface area contributed by atoms with Crippen molar-refractivity contribution in [2.75, 3.05) is 37.8 Å². The molecule has 0 bridgehead atoms. The van der Waals surface area contributed by atoms with E-state index in [2.05, 4.69) is 47.9 Å². The molecule has 108 valence electrons. The van der Waals surface area contributed by atoms with Crippen molar-refractivity contribution in [3.8, 4) is 0 Å². The van der Waals surface area contributed by atoms with E-state index in [0.717, 1.165) is 36.2 Å². The van der Waals surface area contributed by atoms with Gasteiger partial charge in [-0.15, -0.1) is 11.8 Å². The molecule has 0 fully saturated rings. The molecule has 1 aromatic heterocycles. The van der Waals surface area contributed by atoms with E-state index in [0.29, 0.717) is 5.92 Å². The fraction of sp³-hybridized carbons (Fsp3) is 0.714. The molecule has 19 heavy (non-hydrogen) atoms. The highest BCUT2D eigenvalue weighted by Crippen LogP contribution is 2.30. The minimum atomic E-state index is 0.430. The Labute approximate surface area is 121 Å². The molecule has 1 aromatic rings. The van der Waals surface area contributed by atoms with Crippen LogP contribution in [0.3, 0.4) is 0 Å². The highest BCUT2D eigenvalue weighted by atomic mass is 32.2. The van der Waals surface area contributed by atoms with Gasteiger partial charge in [0.15, 0.2) is 0 Å². The molecule has 0 aliphatic rings. The van der Waals surface area contributed by atoms with Crippen LogP contribution in [-0.2, 0) is 0 Å². The largest absolute Gasteiger partial charge is 0.373 e. The van der Waals surface area contributed by atoms with Crippen molar-refractivity contribution in [3.05, 3.63) is 11.9 Å². The molecule has 0 unspecified atom stereocenters. The minimum absolute atomic E-state index is 0.430. The summed E-state index contributed by atoms with van der Waals surface area (Å²) < 4.78 is 0. The summed E-state index contributed by atoms with van der Waals surface area (Å²) in [6.45, 7) is 12.1. The molecule has 0 aliphatic heterocycles. The SMILES string of the molecule is CCN(CC)CCSc1ncnc(NC)c1C(C)C. The van der Waals surface area contributed by atoms with E-state index in [1.54, 1.807) is 6.33 Å². The summed E-state index contributed by atoms with van der Waals surface area (Å²) >= 11 is 1.83. The molecule has 0 saturated carbocycles. The first-order valence-corrected chi connectivity index (χ1v) is 8.00. The van der Waals surface area contributed by atoms with Crippen LogP contribution in [0.1, 0.15) is 39.2 Å². The maximum atomic E-state index is 4.45. The molecule has 0 spiro atoms. The quantitative estimate of drug-likeness (QED) is 0.586. The second kappa shape index (κ2) is 8.38. The molecule has 0 atom stereocenters. The van der Waals surface area contributed by atoms with Crippen molar-refractivity contribution in [2.45, 2.75) is 38.6 Å². The zero-order valence-electron chi connectivity index (χ0n) is 12.7. The summed E-state index contributed by atoms with van der Waals surface area (Å²) in [5, 5.41) is 4.28. The van der Waals surface area contributed by atoms with Crippen molar-refractivity contribution in [1.82, 2.24) is 14.9 Å². The number of hydrogen-bond donors (Lipinski definition) is 1. The summed E-state index contributed by atoms with van der Waals surface area (Å²) in [4.78, 5) is 11.2. The first-order chi connectivity index (χ1) is 9.13. The maximum absolute atomic E-state index is 4.45. The lowest BCUT2D eigenvalue weighted by Gasteiger charge is -2.19. The Morgan fingerprint density at radius 2 is 1.95 bits per heavy atom. The van der Waals surface area contributed by atoms with E-state index in [1.807, 2.05) is 18.8 Å². The van der Waals surface area contributed by atoms with Gasteiger partial charge in [-0.2, -0.15) is 0 Å². The van der Waals surface area contributed by atoms with Crippen LogP contribution in [0.4, 0.5) is 5.82 Å². The van der Waals surface area contributed by atoms with Gasteiger partial charge in [-0.1, -0.05) is 27.7 Å². The van der Waals surface area contributed by atoms with E-state index >= 15 is 0 Å². The first-order valence-electron chi connectivity index (χ1n) is 7.01. The third-order valence-corrected chi connectivity index (χ3v) is 4.19. The van der Waals surface area contributed by atoms with Crippen LogP contribution in [0.15, 0.2) is 11.4 Å². The lowest BCUT2D eigenvalue weighted by atomic mass is 10.1. The van der Waals surface area contributed by atoms with Gasteiger partial charge in [-0.3, -0.25) is 0 Å². The van der Waals surface area contributed by atoms with Gasteiger partial charge in [-0.25, -0.2) is 9.97 Å². The molecule has 1 rings (SSSR count). The molecule has 0 radical (unpaired) electrons. The number of rotatable bonds is 8. The van der Waals surface area contributed by atoms with Crippen LogP contribution in [0, 0.1) is 0 Å². The van der Waals surface area contributed by atoms with Crippen molar-refractivity contribution in [1.29, 1.82) is 0 Å². The van der Waals surface area contributed by atoms with Crippen molar-refractivity contribution >= 4 is 17.6 Å². The normalized spacial score (nSPS) is 11.3. The molecular weight excluding hydrogens is 256 g/mol. The minimum Gasteiger partial charge on any atom is -0.373 e. The van der Waals surface area contributed by atoms with Gasteiger partial charge in [0.25, 0.3) is 0 Å². The number of nitrogens with zero attached hydrogens (tertiary/aromatic N) is 3. The van der Waals surface area contributed by atoms with Gasteiger partial charge >= 0.3 is 0 Å². The molecule has 1 heterocycles. The monoisotopic (exact) mass is 282 g/mol. The summed E-state index contributed by atoms with van der Waals surface area (Å²) in [5.74, 6) is 2.46. The van der Waals surface area contributed by atoms with E-state index in [4.69, 9.17) is 0 Å². The highest BCUT2D eigenvalue weighted by Gasteiger charge is 2.14. The lowest BCUT2D eigenvalue weighted by Crippen LogP contribution is -2.25. The first kappa shape index (κ1) is 16.2. The Kier molecular flexibility index (Phi) is 7.16. The standard InChI is InChI=1S/C14H26N4S/c1-6-18(7-2)8-9-19-14-12(11(3)4)13(15-5)16-10-17-14/h10-11H,6-9H2,1-5H3,(H,15,16,17). The zero-order chi connectivity index (χ0) is 14.3. The molecule has 0 aliphatic carbocycles. The number of thioether (sulfide) groups is 1. The van der Waals surface area contributed by atoms with Crippen LogP contribution >= 0.6 is 11.8 Å². The Balaban J connectivity index is 2.72. The van der Waals surface area contributed by atoms with Crippen LogP contribution in [0.25, 0.3) is 0 Å². The zero-order valence-corrected chi connectivity index (χ0v) is 13.5. The fourth-order valence-electron chi connectivity index (χ4n) is 2.03. The maximum Gasteiger partial charge on any atom is 0.133 e. The second-order valence-electron chi connectivity index (χ2n) is 4.72. The summed E-state index contributed by atoms with van der Waals surface area (Å²) in [7, 11) is 1.92. The summed E-state index contributed by atoms with van der Waals surface area (Å²) in [6, 6.07) is 0. The van der Waals surface area contributed by atoms with Gasteiger partial charge < -0.3 is 10.2 Å². The number of hydrogen-bond acceptors (Lipinski definition) is 5. The van der Waals surface area contributed by atoms with Gasteiger partial charge in [0.05, 0.1) is 0 Å². The molecule has 0 aromatic carbocycles. The number of aromatic nitrogens is 2. The van der Waals surface area contributed by atoms with Crippen molar-refractivity contribution in [2.24, 2.45) is 0 Å². The van der Waals surface area contributed by atoms with Crippen LogP contribution in [0.2, 0.25) is 0 Å². The number of nitrogens with one attached hydrogen (secondary N) is 1. The Bertz CT molecular complexity index is 378. The molecule has 1 N–H and O–H groups in total. The Morgan fingerprint density at radius 3 is 2.47 bits per heavy atom. The van der Waals surface area contributed by atoms with Gasteiger partial charge in [0.1, 0.15) is 17.2 Å². The Morgan fingerprint density at radius 1 is 1.26 bits per heavy atom. The average molecular weight is 282 g/mol. The summed E-state index contributed by atoms with van der Waals surface area (Å²) in [5.41, 5.74) is 1.23. The lowest BCUT2D eigenvalue weighted by molar-refractivity contribution is 0.324. The van der Waals surface area contributed by atoms with Crippen molar-refractivity contribution < 1.29 is 0 Å². The fourth-order valence-corrected chi connectivity index (χ4v) is 3.18. The highest BCUT2D eigenvalue weighted by molar-refractivity contribution is 7.99. The average Bonchev–Trinajstić information content (AvgIpc) is 2.42. The van der Waals surface area contributed by atoms with Crippen LogP contribution in [-0.4, -0.2) is 47.3 Å². The van der Waals surface area contributed by atoms with Gasteiger partial charge in [0, 0.05) is 24.9 Å². The predicted molar refractivity (Wildman–Crippen MR) is 84.2 cm³/mol. The Hall–Kier alpha value is -0.810. The second-order valence-corrected chi connectivity index (χ2v) is 5.80. The van der Waals surface area contributed by atoms with Crippen LogP contribution in [0.5, 0.6) is 0 Å². The van der Waals surface area contributed by atoms with Crippen LogP contribution < -0.4 is 5.32 Å². The molecular formula is C14H26N4S. The topological polar surface area (TPSA) is 41.1 Å². The number of anilines is 1. The van der Waals surface area contributed by atoms with E-state index in [-0.39, 0.29) is 0 Å². The molecule has 0 amide bonds. The molecule has 5 heteroatoms.